The van der Waals surface area contributed by atoms with Crippen LogP contribution >= 0.6 is 11.6 Å². The van der Waals surface area contributed by atoms with Crippen molar-refractivity contribution in [2.45, 2.75) is 24.9 Å². The number of hydrogen-bond donors (Lipinski definition) is 1. The summed E-state index contributed by atoms with van der Waals surface area (Å²) in [4.78, 5) is 28.1. The van der Waals surface area contributed by atoms with Crippen LogP contribution < -0.4 is 4.90 Å². The first kappa shape index (κ1) is 22.5. The van der Waals surface area contributed by atoms with Crippen molar-refractivity contribution in [3.05, 3.63) is 58.1 Å². The second kappa shape index (κ2) is 7.86. The maximum Gasteiger partial charge on any atom is 0.433 e. The molecule has 0 radical (unpaired) electrons. The van der Waals surface area contributed by atoms with E-state index in [9.17, 15) is 32.3 Å². The maximum atomic E-state index is 13.7. The Morgan fingerprint density at radius 3 is 2.50 bits per heavy atom. The molecule has 34 heavy (non-hydrogen) atoms. The van der Waals surface area contributed by atoms with Crippen molar-refractivity contribution in [1.82, 2.24) is 14.5 Å². The number of rotatable bonds is 3. The van der Waals surface area contributed by atoms with Crippen molar-refractivity contribution in [3.63, 3.8) is 0 Å². The van der Waals surface area contributed by atoms with Crippen molar-refractivity contribution < 1.29 is 32.3 Å². The van der Waals surface area contributed by atoms with Gasteiger partial charge in [-0.3, -0.25) is 9.59 Å². The number of hydrogen-bond acceptors (Lipinski definition) is 4. The fourth-order valence-corrected chi connectivity index (χ4v) is 4.32. The molecule has 3 heterocycles. The van der Waals surface area contributed by atoms with Crippen LogP contribution in [0.3, 0.4) is 0 Å². The number of aromatic nitrogens is 2. The first-order chi connectivity index (χ1) is 16.0. The van der Waals surface area contributed by atoms with Gasteiger partial charge >= 0.3 is 6.18 Å². The van der Waals surface area contributed by atoms with E-state index in [2.05, 4.69) is 5.10 Å². The predicted octanol–water partition coefficient (Wildman–Crippen LogP) is 4.22. The summed E-state index contributed by atoms with van der Waals surface area (Å²) in [5.74, 6) is -2.75. The normalized spacial score (nSPS) is 17.0. The molecule has 7 nitrogen and oxygen atoms in total. The van der Waals surface area contributed by atoms with E-state index in [1.54, 1.807) is 0 Å². The zero-order valence-electron chi connectivity index (χ0n) is 17.4. The summed E-state index contributed by atoms with van der Waals surface area (Å²) in [5.41, 5.74) is -0.724. The Hall–Kier alpha value is -3.34. The number of halogens is 5. The second-order valence-electron chi connectivity index (χ2n) is 8.31. The van der Waals surface area contributed by atoms with E-state index in [0.29, 0.717) is 10.1 Å². The highest BCUT2D eigenvalue weighted by atomic mass is 35.5. The molecule has 0 bridgehead atoms. The Morgan fingerprint density at radius 1 is 1.15 bits per heavy atom. The molecule has 1 saturated carbocycles. The number of amides is 2. The van der Waals surface area contributed by atoms with Gasteiger partial charge in [0.05, 0.1) is 10.5 Å². The third kappa shape index (κ3) is 3.83. The zero-order valence-corrected chi connectivity index (χ0v) is 18.2. The third-order valence-electron chi connectivity index (χ3n) is 5.99. The molecule has 1 aromatic carbocycles. The van der Waals surface area contributed by atoms with Gasteiger partial charge in [0.25, 0.3) is 5.91 Å². The Morgan fingerprint density at radius 2 is 1.88 bits per heavy atom. The number of piperazine rings is 1. The van der Waals surface area contributed by atoms with Gasteiger partial charge in [0.1, 0.15) is 12.2 Å². The molecule has 5 rings (SSSR count). The Kier molecular flexibility index (Phi) is 5.19. The SMILES string of the molecule is O=C(c1nn2c(C(F)(F)F)cc(C3CC3)cc2c1Cl)N1CCN(c2ccc(O)c(F)c2)C(=O)C1. The van der Waals surface area contributed by atoms with Gasteiger partial charge < -0.3 is 14.9 Å². The van der Waals surface area contributed by atoms with Gasteiger partial charge in [-0.1, -0.05) is 11.6 Å². The number of carbonyl (C=O) groups excluding carboxylic acids is 2. The summed E-state index contributed by atoms with van der Waals surface area (Å²) in [6.07, 6.45) is -3.15. The van der Waals surface area contributed by atoms with Crippen LogP contribution in [-0.2, 0) is 11.0 Å². The van der Waals surface area contributed by atoms with Gasteiger partial charge in [-0.2, -0.15) is 18.3 Å². The second-order valence-corrected chi connectivity index (χ2v) is 8.69. The van der Waals surface area contributed by atoms with Crippen molar-refractivity contribution in [2.24, 2.45) is 0 Å². The van der Waals surface area contributed by atoms with Gasteiger partial charge in [-0.05, 0) is 48.6 Å². The van der Waals surface area contributed by atoms with Crippen LogP contribution in [0.15, 0.2) is 30.3 Å². The lowest BCUT2D eigenvalue weighted by molar-refractivity contribution is -0.142. The molecule has 0 atom stereocenters. The van der Waals surface area contributed by atoms with Crippen molar-refractivity contribution in [3.8, 4) is 5.75 Å². The summed E-state index contributed by atoms with van der Waals surface area (Å²) in [5, 5.41) is 13.0. The number of phenolic OH excluding ortho intramolecular Hbond substituents is 1. The smallest absolute Gasteiger partial charge is 0.433 e. The van der Waals surface area contributed by atoms with Crippen molar-refractivity contribution in [2.75, 3.05) is 24.5 Å². The van der Waals surface area contributed by atoms with Gasteiger partial charge in [0.2, 0.25) is 5.91 Å². The Labute approximate surface area is 195 Å². The molecule has 1 saturated heterocycles. The van der Waals surface area contributed by atoms with Crippen LogP contribution in [0.2, 0.25) is 5.02 Å². The molecule has 1 N–H and O–H groups in total. The maximum absolute atomic E-state index is 13.7. The van der Waals surface area contributed by atoms with E-state index in [-0.39, 0.29) is 40.9 Å². The molecule has 0 spiro atoms. The van der Waals surface area contributed by atoms with Crippen LogP contribution in [0.4, 0.5) is 23.2 Å². The summed E-state index contributed by atoms with van der Waals surface area (Å²) in [6, 6.07) is 6.02. The van der Waals surface area contributed by atoms with E-state index in [1.165, 1.54) is 17.0 Å². The highest BCUT2D eigenvalue weighted by molar-refractivity contribution is 6.36. The number of phenols is 1. The van der Waals surface area contributed by atoms with Gasteiger partial charge in [-0.25, -0.2) is 8.91 Å². The molecule has 2 fully saturated rings. The number of anilines is 1. The minimum atomic E-state index is -4.71. The van der Waals surface area contributed by atoms with Gasteiger partial charge in [-0.15, -0.1) is 0 Å². The highest BCUT2D eigenvalue weighted by Crippen LogP contribution is 2.43. The van der Waals surface area contributed by atoms with Crippen LogP contribution in [-0.4, -0.2) is 51.1 Å². The summed E-state index contributed by atoms with van der Waals surface area (Å²) in [7, 11) is 0. The summed E-state index contributed by atoms with van der Waals surface area (Å²) in [6.45, 7) is -0.360. The number of nitrogens with zero attached hydrogens (tertiary/aromatic N) is 4. The van der Waals surface area contributed by atoms with Crippen molar-refractivity contribution in [1.29, 1.82) is 0 Å². The molecule has 178 valence electrons. The molecular formula is C22H17ClF4N4O3. The van der Waals surface area contributed by atoms with E-state index in [4.69, 9.17) is 11.6 Å². The fourth-order valence-electron chi connectivity index (χ4n) is 4.06. The monoisotopic (exact) mass is 496 g/mol. The Bertz CT molecular complexity index is 1340. The standard InChI is InChI=1S/C22H17ClF4N4O3/c23-19-15-7-12(11-1-2-11)8-17(22(25,26)27)31(15)28-20(19)21(34)29-5-6-30(18(33)10-29)13-3-4-16(32)14(24)9-13/h3-4,7-9,11,32H,1-2,5-6,10H2. The molecule has 1 aliphatic carbocycles. The third-order valence-corrected chi connectivity index (χ3v) is 6.36. The number of aromatic hydroxyl groups is 1. The number of benzene rings is 1. The summed E-state index contributed by atoms with van der Waals surface area (Å²) >= 11 is 6.32. The molecule has 3 aromatic rings. The predicted molar refractivity (Wildman–Crippen MR) is 114 cm³/mol. The molecule has 12 heteroatoms. The lowest BCUT2D eigenvalue weighted by Gasteiger charge is -2.34. The van der Waals surface area contributed by atoms with E-state index >= 15 is 0 Å². The average molecular weight is 497 g/mol. The quantitative estimate of drug-likeness (QED) is 0.551. The number of carbonyl (C=O) groups is 2. The molecule has 1 aliphatic heterocycles. The minimum absolute atomic E-state index is 0.0133. The van der Waals surface area contributed by atoms with Gasteiger partial charge in [0, 0.05) is 24.8 Å². The Balaban J connectivity index is 1.44. The summed E-state index contributed by atoms with van der Waals surface area (Å²) < 4.78 is 55.4. The number of pyridine rings is 1. The highest BCUT2D eigenvalue weighted by Gasteiger charge is 2.38. The minimum Gasteiger partial charge on any atom is -0.505 e. The van der Waals surface area contributed by atoms with Crippen LogP contribution in [0, 0.1) is 5.82 Å². The lowest BCUT2D eigenvalue weighted by atomic mass is 10.1. The fraction of sp³-hybridized carbons (Fsp3) is 0.318. The lowest BCUT2D eigenvalue weighted by Crippen LogP contribution is -2.52. The van der Waals surface area contributed by atoms with Gasteiger partial charge in [0.15, 0.2) is 17.3 Å². The van der Waals surface area contributed by atoms with Crippen LogP contribution in [0.1, 0.15) is 40.5 Å². The molecule has 2 amide bonds. The molecule has 0 unspecified atom stereocenters. The number of alkyl halides is 3. The first-order valence-electron chi connectivity index (χ1n) is 10.4. The molecular weight excluding hydrogens is 480 g/mol. The van der Waals surface area contributed by atoms with Crippen LogP contribution in [0.25, 0.3) is 5.52 Å². The largest absolute Gasteiger partial charge is 0.505 e. The first-order valence-corrected chi connectivity index (χ1v) is 10.8. The van der Waals surface area contributed by atoms with E-state index in [1.807, 2.05) is 0 Å². The molecule has 2 aliphatic rings. The number of fused-ring (bicyclic) bond motifs is 1. The zero-order chi connectivity index (χ0) is 24.4. The van der Waals surface area contributed by atoms with Crippen molar-refractivity contribution >= 4 is 34.6 Å². The topological polar surface area (TPSA) is 78.2 Å². The molecule has 2 aromatic heterocycles. The average Bonchev–Trinajstić information content (AvgIpc) is 3.58. The van der Waals surface area contributed by atoms with E-state index < -0.39 is 41.8 Å². The van der Waals surface area contributed by atoms with E-state index in [0.717, 1.165) is 35.9 Å². The van der Waals surface area contributed by atoms with Crippen LogP contribution in [0.5, 0.6) is 5.75 Å².